The van der Waals surface area contributed by atoms with E-state index in [1.165, 1.54) is 0 Å². The first-order valence-corrected chi connectivity index (χ1v) is 10.3. The van der Waals surface area contributed by atoms with E-state index in [4.69, 9.17) is 4.98 Å². The molecule has 0 aliphatic carbocycles. The number of anilines is 1. The van der Waals surface area contributed by atoms with Gasteiger partial charge < -0.3 is 16.0 Å². The van der Waals surface area contributed by atoms with Gasteiger partial charge in [0.1, 0.15) is 11.5 Å². The SMILES string of the molecule is CNC(=O)c1cc2ncc(-c3cccc(NC4CCNC4)n3)n2cc1-c1cnn(C)c1. The number of carbonyl (C=O) groups excluding carboxylic acids is 1. The number of aryl methyl sites for hydroxylation is 1. The Bertz CT molecular complexity index is 1250. The van der Waals surface area contributed by atoms with Crippen LogP contribution in [0.2, 0.25) is 0 Å². The third-order valence-electron chi connectivity index (χ3n) is 5.56. The van der Waals surface area contributed by atoms with E-state index in [9.17, 15) is 4.79 Å². The molecule has 1 aliphatic rings. The number of nitrogens with one attached hydrogen (secondary N) is 3. The van der Waals surface area contributed by atoms with Gasteiger partial charge in [-0.25, -0.2) is 9.97 Å². The molecule has 0 radical (unpaired) electrons. The molecule has 4 aromatic heterocycles. The highest BCUT2D eigenvalue weighted by molar-refractivity contribution is 6.01. The third kappa shape index (κ3) is 3.64. The Balaban J connectivity index is 1.60. The molecule has 1 atom stereocenters. The molecule has 0 aromatic carbocycles. The quantitative estimate of drug-likeness (QED) is 0.460. The average molecular weight is 416 g/mol. The molecule has 0 spiro atoms. The predicted octanol–water partition coefficient (Wildman–Crippen LogP) is 1.93. The van der Waals surface area contributed by atoms with Gasteiger partial charge in [-0.15, -0.1) is 0 Å². The van der Waals surface area contributed by atoms with Crippen LogP contribution in [0.25, 0.3) is 28.2 Å². The minimum absolute atomic E-state index is 0.166. The molecule has 0 bridgehead atoms. The largest absolute Gasteiger partial charge is 0.366 e. The van der Waals surface area contributed by atoms with E-state index in [1.807, 2.05) is 42.0 Å². The summed E-state index contributed by atoms with van der Waals surface area (Å²) in [5, 5.41) is 13.8. The Morgan fingerprint density at radius 1 is 1.26 bits per heavy atom. The highest BCUT2D eigenvalue weighted by Gasteiger charge is 2.18. The minimum Gasteiger partial charge on any atom is -0.366 e. The lowest BCUT2D eigenvalue weighted by atomic mass is 10.0. The van der Waals surface area contributed by atoms with Gasteiger partial charge in [-0.05, 0) is 31.2 Å². The molecule has 9 heteroatoms. The first-order valence-electron chi connectivity index (χ1n) is 10.3. The summed E-state index contributed by atoms with van der Waals surface area (Å²) < 4.78 is 3.69. The van der Waals surface area contributed by atoms with E-state index in [1.54, 1.807) is 30.2 Å². The second-order valence-electron chi connectivity index (χ2n) is 7.70. The zero-order chi connectivity index (χ0) is 21.4. The van der Waals surface area contributed by atoms with Crippen molar-refractivity contribution in [1.82, 2.24) is 34.8 Å². The normalized spacial score (nSPS) is 16.0. The van der Waals surface area contributed by atoms with Crippen LogP contribution in [0.15, 0.2) is 49.1 Å². The lowest BCUT2D eigenvalue weighted by molar-refractivity contribution is 0.0963. The van der Waals surface area contributed by atoms with Crippen LogP contribution < -0.4 is 16.0 Å². The van der Waals surface area contributed by atoms with Gasteiger partial charge in [0.25, 0.3) is 5.91 Å². The number of nitrogens with zero attached hydrogens (tertiary/aromatic N) is 5. The van der Waals surface area contributed by atoms with Crippen LogP contribution >= 0.6 is 0 Å². The predicted molar refractivity (Wildman–Crippen MR) is 119 cm³/mol. The molecule has 9 nitrogen and oxygen atoms in total. The van der Waals surface area contributed by atoms with Crippen LogP contribution in [0.1, 0.15) is 16.8 Å². The Hall–Kier alpha value is -3.72. The average Bonchev–Trinajstić information content (AvgIpc) is 3.53. The van der Waals surface area contributed by atoms with Crippen molar-refractivity contribution >= 4 is 17.4 Å². The van der Waals surface area contributed by atoms with Crippen molar-refractivity contribution in [2.45, 2.75) is 12.5 Å². The van der Waals surface area contributed by atoms with Gasteiger partial charge in [0.15, 0.2) is 0 Å². The number of pyridine rings is 2. The van der Waals surface area contributed by atoms with Crippen LogP contribution in [0.4, 0.5) is 5.82 Å². The van der Waals surface area contributed by atoms with Gasteiger partial charge in [-0.2, -0.15) is 5.10 Å². The fourth-order valence-corrected chi connectivity index (χ4v) is 3.97. The summed E-state index contributed by atoms with van der Waals surface area (Å²) >= 11 is 0. The van der Waals surface area contributed by atoms with E-state index in [0.29, 0.717) is 17.3 Å². The standard InChI is InChI=1S/C22H24N8O/c1-23-22(31)16-8-21-25-11-19(30(21)13-17(16)14-9-26-29(2)12-14)18-4-3-5-20(28-18)27-15-6-7-24-10-15/h3-5,8-9,11-13,15,24H,6-7,10H2,1-2H3,(H,23,31)(H,27,28). The van der Waals surface area contributed by atoms with Crippen LogP contribution in [0, 0.1) is 0 Å². The molecule has 1 aliphatic heterocycles. The Morgan fingerprint density at radius 3 is 2.90 bits per heavy atom. The summed E-state index contributed by atoms with van der Waals surface area (Å²) in [6.45, 7) is 1.97. The first kappa shape index (κ1) is 19.3. The fraction of sp³-hybridized carbons (Fsp3) is 0.273. The number of imidazole rings is 1. The topological polar surface area (TPSA) is 101 Å². The van der Waals surface area contributed by atoms with Crippen molar-refractivity contribution < 1.29 is 4.79 Å². The van der Waals surface area contributed by atoms with Gasteiger partial charge in [-0.1, -0.05) is 6.07 Å². The van der Waals surface area contributed by atoms with Crippen molar-refractivity contribution in [2.75, 3.05) is 25.5 Å². The van der Waals surface area contributed by atoms with E-state index in [0.717, 1.165) is 47.8 Å². The van der Waals surface area contributed by atoms with Crippen molar-refractivity contribution in [3.63, 3.8) is 0 Å². The second-order valence-corrected chi connectivity index (χ2v) is 7.70. The van der Waals surface area contributed by atoms with Crippen molar-refractivity contribution in [3.8, 4) is 22.5 Å². The number of carbonyl (C=O) groups is 1. The maximum absolute atomic E-state index is 12.5. The maximum atomic E-state index is 12.5. The molecular formula is C22H24N8O. The molecule has 0 saturated carbocycles. The molecule has 3 N–H and O–H groups in total. The highest BCUT2D eigenvalue weighted by atomic mass is 16.1. The monoisotopic (exact) mass is 416 g/mol. The molecule has 1 fully saturated rings. The summed E-state index contributed by atoms with van der Waals surface area (Å²) in [6.07, 6.45) is 8.45. The Morgan fingerprint density at radius 2 is 2.16 bits per heavy atom. The first-order chi connectivity index (χ1) is 15.1. The smallest absolute Gasteiger partial charge is 0.251 e. The molecule has 5 heterocycles. The zero-order valence-electron chi connectivity index (χ0n) is 17.5. The number of fused-ring (bicyclic) bond motifs is 1. The van der Waals surface area contributed by atoms with E-state index in [2.05, 4.69) is 26.0 Å². The maximum Gasteiger partial charge on any atom is 0.251 e. The van der Waals surface area contributed by atoms with Crippen molar-refractivity contribution in [3.05, 3.63) is 54.6 Å². The molecular weight excluding hydrogens is 392 g/mol. The Kier molecular flexibility index (Phi) is 4.87. The molecule has 5 rings (SSSR count). The molecule has 31 heavy (non-hydrogen) atoms. The lowest BCUT2D eigenvalue weighted by Gasteiger charge is -2.13. The molecule has 4 aromatic rings. The molecule has 158 valence electrons. The summed E-state index contributed by atoms with van der Waals surface area (Å²) in [7, 11) is 3.48. The number of hydrogen-bond acceptors (Lipinski definition) is 6. The van der Waals surface area contributed by atoms with Crippen molar-refractivity contribution in [2.24, 2.45) is 7.05 Å². The summed E-state index contributed by atoms with van der Waals surface area (Å²) in [4.78, 5) is 21.9. The summed E-state index contributed by atoms with van der Waals surface area (Å²) in [6, 6.07) is 8.13. The van der Waals surface area contributed by atoms with Gasteiger partial charge in [0, 0.05) is 50.2 Å². The van der Waals surface area contributed by atoms with Gasteiger partial charge >= 0.3 is 0 Å². The molecule has 1 amide bonds. The van der Waals surface area contributed by atoms with Crippen LogP contribution in [-0.4, -0.2) is 56.2 Å². The van der Waals surface area contributed by atoms with E-state index in [-0.39, 0.29) is 5.91 Å². The van der Waals surface area contributed by atoms with Crippen LogP contribution in [0.5, 0.6) is 0 Å². The van der Waals surface area contributed by atoms with Gasteiger partial charge in [-0.3, -0.25) is 13.9 Å². The lowest BCUT2D eigenvalue weighted by Crippen LogP contribution is -2.22. The fourth-order valence-electron chi connectivity index (χ4n) is 3.97. The van der Waals surface area contributed by atoms with Gasteiger partial charge in [0.2, 0.25) is 0 Å². The van der Waals surface area contributed by atoms with Gasteiger partial charge in [0.05, 0.1) is 29.3 Å². The zero-order valence-corrected chi connectivity index (χ0v) is 17.5. The summed E-state index contributed by atoms with van der Waals surface area (Å²) in [5.41, 5.74) is 4.55. The number of hydrogen-bond donors (Lipinski definition) is 3. The highest BCUT2D eigenvalue weighted by Crippen LogP contribution is 2.28. The van der Waals surface area contributed by atoms with E-state index < -0.39 is 0 Å². The molecule has 1 saturated heterocycles. The third-order valence-corrected chi connectivity index (χ3v) is 5.56. The van der Waals surface area contributed by atoms with Crippen LogP contribution in [0.3, 0.4) is 0 Å². The Labute approximate surface area is 179 Å². The minimum atomic E-state index is -0.166. The van der Waals surface area contributed by atoms with Crippen LogP contribution in [-0.2, 0) is 7.05 Å². The summed E-state index contributed by atoms with van der Waals surface area (Å²) in [5.74, 6) is 0.677. The number of aromatic nitrogens is 5. The van der Waals surface area contributed by atoms with Crippen molar-refractivity contribution in [1.29, 1.82) is 0 Å². The molecule has 1 unspecified atom stereocenters. The number of amides is 1. The number of rotatable bonds is 5. The van der Waals surface area contributed by atoms with E-state index >= 15 is 0 Å². The second kappa shape index (κ2) is 7.84.